The van der Waals surface area contributed by atoms with E-state index in [1.807, 2.05) is 72.3 Å². The zero-order chi connectivity index (χ0) is 20.4. The summed E-state index contributed by atoms with van der Waals surface area (Å²) < 4.78 is 1.64. The van der Waals surface area contributed by atoms with Crippen LogP contribution < -0.4 is 10.9 Å². The molecule has 5 heteroatoms. The van der Waals surface area contributed by atoms with Gasteiger partial charge >= 0.3 is 0 Å². The van der Waals surface area contributed by atoms with Gasteiger partial charge < -0.3 is 5.32 Å². The van der Waals surface area contributed by atoms with E-state index in [4.69, 9.17) is 0 Å². The van der Waals surface area contributed by atoms with E-state index in [9.17, 15) is 9.59 Å². The lowest BCUT2D eigenvalue weighted by Crippen LogP contribution is -2.32. The number of rotatable bonds is 5. The van der Waals surface area contributed by atoms with Gasteiger partial charge in [0.05, 0.1) is 17.3 Å². The Kier molecular flexibility index (Phi) is 5.32. The Hall–Kier alpha value is -3.18. The monoisotopic (exact) mass is 402 g/mol. The molecule has 0 saturated carbocycles. The Labute approximate surface area is 173 Å². The largest absolute Gasteiger partial charge is 0.345 e. The Bertz CT molecular complexity index is 1210. The van der Waals surface area contributed by atoms with Gasteiger partial charge in [-0.25, -0.2) is 0 Å². The number of carbonyl (C=O) groups is 1. The molecule has 1 N–H and O–H groups in total. The van der Waals surface area contributed by atoms with Crippen LogP contribution in [0, 0.1) is 6.92 Å². The normalized spacial score (nSPS) is 12.1. The van der Waals surface area contributed by atoms with Crippen molar-refractivity contribution in [2.75, 3.05) is 0 Å². The summed E-state index contributed by atoms with van der Waals surface area (Å²) in [6.45, 7) is 3.89. The third-order valence-corrected chi connectivity index (χ3v) is 5.90. The maximum atomic E-state index is 13.4. The van der Waals surface area contributed by atoms with E-state index in [0.717, 1.165) is 17.7 Å². The lowest BCUT2D eigenvalue weighted by molar-refractivity contribution is 0.0936. The highest BCUT2D eigenvalue weighted by atomic mass is 32.1. The standard InChI is InChI=1S/C24H22N2O2S/c1-3-21(17-9-5-4-6-10-17)25-23(27)22-16(2)26(18-13-14-29-15-18)24(28)20-12-8-7-11-19(20)22/h4-15,21H,3H2,1-2H3,(H,25,27)/t21-/m0/s1. The second-order valence-corrected chi connectivity index (χ2v) is 7.75. The molecule has 2 heterocycles. The highest BCUT2D eigenvalue weighted by molar-refractivity contribution is 7.08. The van der Waals surface area contributed by atoms with Crippen molar-refractivity contribution in [1.82, 2.24) is 9.88 Å². The first-order valence-electron chi connectivity index (χ1n) is 9.64. The average molecular weight is 403 g/mol. The fourth-order valence-electron chi connectivity index (χ4n) is 3.79. The first-order chi connectivity index (χ1) is 14.1. The Morgan fingerprint density at radius 1 is 1.03 bits per heavy atom. The van der Waals surface area contributed by atoms with Crippen LogP contribution in [0.4, 0.5) is 0 Å². The zero-order valence-electron chi connectivity index (χ0n) is 16.4. The fraction of sp³-hybridized carbons (Fsp3) is 0.167. The number of pyridine rings is 1. The van der Waals surface area contributed by atoms with Gasteiger partial charge in [-0.15, -0.1) is 0 Å². The van der Waals surface area contributed by atoms with Gasteiger partial charge in [-0.05, 0) is 36.4 Å². The Balaban J connectivity index is 1.87. The Morgan fingerprint density at radius 2 is 1.72 bits per heavy atom. The smallest absolute Gasteiger partial charge is 0.263 e. The number of thiophene rings is 1. The highest BCUT2D eigenvalue weighted by Gasteiger charge is 2.22. The van der Waals surface area contributed by atoms with Crippen molar-refractivity contribution in [3.8, 4) is 5.69 Å². The van der Waals surface area contributed by atoms with E-state index < -0.39 is 0 Å². The molecule has 0 aliphatic carbocycles. The minimum atomic E-state index is -0.168. The van der Waals surface area contributed by atoms with E-state index in [0.29, 0.717) is 22.0 Å². The third kappa shape index (κ3) is 3.49. The van der Waals surface area contributed by atoms with Crippen LogP contribution in [0.5, 0.6) is 0 Å². The third-order valence-electron chi connectivity index (χ3n) is 5.23. The lowest BCUT2D eigenvalue weighted by atomic mass is 10.0. The second kappa shape index (κ2) is 8.05. The van der Waals surface area contributed by atoms with Crippen molar-refractivity contribution in [1.29, 1.82) is 0 Å². The molecule has 146 valence electrons. The van der Waals surface area contributed by atoms with Crippen molar-refractivity contribution in [2.24, 2.45) is 0 Å². The molecule has 1 atom stereocenters. The van der Waals surface area contributed by atoms with E-state index >= 15 is 0 Å². The number of nitrogens with zero attached hydrogens (tertiary/aromatic N) is 1. The van der Waals surface area contributed by atoms with Gasteiger partial charge in [-0.2, -0.15) is 11.3 Å². The summed E-state index contributed by atoms with van der Waals surface area (Å²) in [5.41, 5.74) is 2.93. The summed E-state index contributed by atoms with van der Waals surface area (Å²) in [5.74, 6) is -0.168. The van der Waals surface area contributed by atoms with Crippen LogP contribution in [0.25, 0.3) is 16.5 Å². The molecule has 4 rings (SSSR count). The van der Waals surface area contributed by atoms with Crippen LogP contribution >= 0.6 is 11.3 Å². The van der Waals surface area contributed by atoms with Crippen molar-refractivity contribution < 1.29 is 4.79 Å². The van der Waals surface area contributed by atoms with E-state index in [2.05, 4.69) is 12.2 Å². The number of amides is 1. The van der Waals surface area contributed by atoms with Crippen LogP contribution in [-0.4, -0.2) is 10.5 Å². The average Bonchev–Trinajstić information content (AvgIpc) is 3.27. The first kappa shape index (κ1) is 19.2. The van der Waals surface area contributed by atoms with Crippen LogP contribution in [0.1, 0.15) is 41.0 Å². The molecule has 4 aromatic rings. The molecule has 0 saturated heterocycles. The van der Waals surface area contributed by atoms with Gasteiger partial charge in [-0.3, -0.25) is 14.2 Å². The van der Waals surface area contributed by atoms with Crippen LogP contribution in [-0.2, 0) is 0 Å². The predicted molar refractivity (Wildman–Crippen MR) is 119 cm³/mol. The number of aromatic nitrogens is 1. The zero-order valence-corrected chi connectivity index (χ0v) is 17.2. The molecule has 0 fully saturated rings. The molecule has 0 radical (unpaired) electrons. The van der Waals surface area contributed by atoms with Crippen molar-refractivity contribution in [3.05, 3.63) is 98.6 Å². The minimum Gasteiger partial charge on any atom is -0.345 e. The van der Waals surface area contributed by atoms with E-state index in [1.54, 1.807) is 10.6 Å². The van der Waals surface area contributed by atoms with Gasteiger partial charge in [0.25, 0.3) is 11.5 Å². The van der Waals surface area contributed by atoms with Gasteiger partial charge in [0.1, 0.15) is 0 Å². The number of nitrogens with one attached hydrogen (secondary N) is 1. The first-order valence-corrected chi connectivity index (χ1v) is 10.6. The topological polar surface area (TPSA) is 51.1 Å². The molecule has 2 aromatic carbocycles. The van der Waals surface area contributed by atoms with Crippen LogP contribution in [0.15, 0.2) is 76.2 Å². The summed E-state index contributed by atoms with van der Waals surface area (Å²) in [7, 11) is 0. The summed E-state index contributed by atoms with van der Waals surface area (Å²) in [6, 6.07) is 19.1. The van der Waals surface area contributed by atoms with Crippen molar-refractivity contribution in [2.45, 2.75) is 26.3 Å². The molecular weight excluding hydrogens is 380 g/mol. The van der Waals surface area contributed by atoms with Crippen LogP contribution in [0.3, 0.4) is 0 Å². The number of fused-ring (bicyclic) bond motifs is 1. The molecule has 0 unspecified atom stereocenters. The maximum absolute atomic E-state index is 13.4. The molecule has 0 spiro atoms. The number of hydrogen-bond acceptors (Lipinski definition) is 3. The number of carbonyl (C=O) groups excluding carboxylic acids is 1. The van der Waals surface area contributed by atoms with Gasteiger partial charge in [0.2, 0.25) is 0 Å². The van der Waals surface area contributed by atoms with Crippen molar-refractivity contribution in [3.63, 3.8) is 0 Å². The molecule has 0 bridgehead atoms. The van der Waals surface area contributed by atoms with E-state index in [1.165, 1.54) is 11.3 Å². The summed E-state index contributed by atoms with van der Waals surface area (Å²) in [5, 5.41) is 8.25. The SMILES string of the molecule is CC[C@H](NC(=O)c1c(C)n(-c2ccsc2)c(=O)c2ccccc12)c1ccccc1. The molecule has 2 aromatic heterocycles. The maximum Gasteiger partial charge on any atom is 0.263 e. The molecule has 1 amide bonds. The second-order valence-electron chi connectivity index (χ2n) is 6.97. The highest BCUT2D eigenvalue weighted by Crippen LogP contribution is 2.24. The predicted octanol–water partition coefficient (Wildman–Crippen LogP) is 5.24. The summed E-state index contributed by atoms with van der Waals surface area (Å²) in [6.07, 6.45) is 0.775. The minimum absolute atomic E-state index is 0.0941. The summed E-state index contributed by atoms with van der Waals surface area (Å²) >= 11 is 1.52. The number of hydrogen-bond donors (Lipinski definition) is 1. The van der Waals surface area contributed by atoms with Crippen molar-refractivity contribution >= 4 is 28.0 Å². The molecule has 0 aliphatic heterocycles. The molecular formula is C24H22N2O2S. The molecule has 29 heavy (non-hydrogen) atoms. The lowest BCUT2D eigenvalue weighted by Gasteiger charge is -2.21. The number of benzene rings is 2. The fourth-order valence-corrected chi connectivity index (χ4v) is 4.41. The van der Waals surface area contributed by atoms with Crippen LogP contribution in [0.2, 0.25) is 0 Å². The molecule has 4 nitrogen and oxygen atoms in total. The molecule has 0 aliphatic rings. The van der Waals surface area contributed by atoms with Gasteiger partial charge in [0.15, 0.2) is 0 Å². The van der Waals surface area contributed by atoms with Gasteiger partial charge in [-0.1, -0.05) is 55.5 Å². The Morgan fingerprint density at radius 3 is 2.38 bits per heavy atom. The summed E-state index contributed by atoms with van der Waals surface area (Å²) in [4.78, 5) is 26.6. The quantitative estimate of drug-likeness (QED) is 0.496. The van der Waals surface area contributed by atoms with E-state index in [-0.39, 0.29) is 17.5 Å². The van der Waals surface area contributed by atoms with Gasteiger partial charge in [0, 0.05) is 21.8 Å².